The highest BCUT2D eigenvalue weighted by Crippen LogP contribution is 2.46. The summed E-state index contributed by atoms with van der Waals surface area (Å²) in [5.41, 5.74) is 9.94. The third kappa shape index (κ3) is 4.55. The smallest absolute Gasteiger partial charge is 0.136 e. The van der Waals surface area contributed by atoms with Crippen molar-refractivity contribution in [3.63, 3.8) is 0 Å². The zero-order chi connectivity index (χ0) is 32.3. The minimum atomic E-state index is 0.903. The molecule has 10 rings (SSSR count). The van der Waals surface area contributed by atoms with E-state index in [1.165, 1.54) is 47.8 Å². The van der Waals surface area contributed by atoms with E-state index < -0.39 is 0 Å². The van der Waals surface area contributed by atoms with Crippen molar-refractivity contribution >= 4 is 81.3 Å². The second-order valence-corrected chi connectivity index (χ2v) is 13.5. The normalized spacial score (nSPS) is 11.7. The topological polar surface area (TPSA) is 16.4 Å². The number of hydrogen-bond acceptors (Lipinski definition) is 3. The first kappa shape index (κ1) is 27.9. The van der Waals surface area contributed by atoms with E-state index in [0.717, 1.165) is 44.4 Å². The van der Waals surface area contributed by atoms with Crippen LogP contribution in [0, 0.1) is 0 Å². The van der Waals surface area contributed by atoms with Crippen LogP contribution in [0.5, 0.6) is 0 Å². The molecule has 0 aliphatic carbocycles. The maximum atomic E-state index is 6.27. The molecule has 10 aromatic rings. The summed E-state index contributed by atoms with van der Waals surface area (Å²) >= 11 is 1.86. The second kappa shape index (κ2) is 11.2. The van der Waals surface area contributed by atoms with E-state index in [1.807, 2.05) is 23.5 Å². The van der Waals surface area contributed by atoms with Gasteiger partial charge in [0.2, 0.25) is 0 Å². The summed E-state index contributed by atoms with van der Waals surface area (Å²) in [6.45, 7) is 0. The van der Waals surface area contributed by atoms with Gasteiger partial charge in [-0.05, 0) is 81.6 Å². The van der Waals surface area contributed by atoms with Crippen molar-refractivity contribution in [1.29, 1.82) is 0 Å². The molecule has 2 heterocycles. The first-order valence-electron chi connectivity index (χ1n) is 16.6. The van der Waals surface area contributed by atoms with E-state index in [1.54, 1.807) is 0 Å². The molecule has 0 saturated heterocycles. The Hall–Kier alpha value is -6.16. The molecule has 0 bridgehead atoms. The number of thiophene rings is 1. The van der Waals surface area contributed by atoms with E-state index in [9.17, 15) is 0 Å². The lowest BCUT2D eigenvalue weighted by Gasteiger charge is -2.27. The fourth-order valence-electron chi connectivity index (χ4n) is 7.43. The molecular formula is C46H29NOS. The van der Waals surface area contributed by atoms with Crippen molar-refractivity contribution in [2.45, 2.75) is 0 Å². The molecule has 0 fully saturated rings. The van der Waals surface area contributed by atoms with Gasteiger partial charge in [-0.1, -0.05) is 127 Å². The van der Waals surface area contributed by atoms with Crippen LogP contribution in [0.4, 0.5) is 17.1 Å². The molecule has 49 heavy (non-hydrogen) atoms. The Kier molecular flexibility index (Phi) is 6.39. The van der Waals surface area contributed by atoms with Crippen molar-refractivity contribution in [2.24, 2.45) is 0 Å². The molecule has 0 radical (unpaired) electrons. The zero-order valence-electron chi connectivity index (χ0n) is 26.5. The lowest BCUT2D eigenvalue weighted by atomic mass is 9.97. The van der Waals surface area contributed by atoms with Crippen molar-refractivity contribution < 1.29 is 4.42 Å². The van der Waals surface area contributed by atoms with Crippen LogP contribution in [-0.2, 0) is 0 Å². The summed E-state index contributed by atoms with van der Waals surface area (Å²) in [4.78, 5) is 2.42. The van der Waals surface area contributed by atoms with E-state index in [2.05, 4.69) is 169 Å². The van der Waals surface area contributed by atoms with Gasteiger partial charge in [-0.2, -0.15) is 0 Å². The molecule has 0 saturated carbocycles. The number of benzene rings is 8. The van der Waals surface area contributed by atoms with Crippen LogP contribution >= 0.6 is 11.3 Å². The Morgan fingerprint density at radius 2 is 1.10 bits per heavy atom. The van der Waals surface area contributed by atoms with Gasteiger partial charge in [0.05, 0.1) is 10.4 Å². The van der Waals surface area contributed by atoms with Crippen molar-refractivity contribution in [2.75, 3.05) is 4.90 Å². The molecule has 3 heteroatoms. The largest absolute Gasteiger partial charge is 0.456 e. The van der Waals surface area contributed by atoms with Gasteiger partial charge in [-0.25, -0.2) is 0 Å². The first-order valence-corrected chi connectivity index (χ1v) is 17.4. The van der Waals surface area contributed by atoms with Gasteiger partial charge >= 0.3 is 0 Å². The van der Waals surface area contributed by atoms with Gasteiger partial charge in [-0.15, -0.1) is 11.3 Å². The predicted molar refractivity (Wildman–Crippen MR) is 210 cm³/mol. The minimum Gasteiger partial charge on any atom is -0.456 e. The minimum absolute atomic E-state index is 0.903. The van der Waals surface area contributed by atoms with Crippen molar-refractivity contribution in [1.82, 2.24) is 0 Å². The monoisotopic (exact) mass is 643 g/mol. The molecule has 0 N–H and O–H groups in total. The summed E-state index contributed by atoms with van der Waals surface area (Å²) in [6.07, 6.45) is 0. The Labute approximate surface area is 287 Å². The van der Waals surface area contributed by atoms with Gasteiger partial charge in [0.15, 0.2) is 0 Å². The highest BCUT2D eigenvalue weighted by Gasteiger charge is 2.20. The van der Waals surface area contributed by atoms with Crippen LogP contribution in [0.1, 0.15) is 0 Å². The number of para-hydroxylation sites is 1. The Balaban J connectivity index is 1.17. The van der Waals surface area contributed by atoms with Gasteiger partial charge in [0.25, 0.3) is 0 Å². The van der Waals surface area contributed by atoms with Gasteiger partial charge in [0.1, 0.15) is 11.2 Å². The number of furan rings is 1. The Bertz CT molecular complexity index is 2840. The third-order valence-electron chi connectivity index (χ3n) is 9.67. The molecule has 8 aromatic carbocycles. The molecule has 0 spiro atoms. The summed E-state index contributed by atoms with van der Waals surface area (Å²) in [7, 11) is 0. The van der Waals surface area contributed by atoms with Gasteiger partial charge in [-0.3, -0.25) is 0 Å². The number of nitrogens with zero attached hydrogens (tertiary/aromatic N) is 1. The Morgan fingerprint density at radius 1 is 0.429 bits per heavy atom. The Morgan fingerprint density at radius 3 is 2.02 bits per heavy atom. The molecule has 0 aliphatic rings. The van der Waals surface area contributed by atoms with E-state index >= 15 is 0 Å². The molecule has 230 valence electrons. The van der Waals surface area contributed by atoms with E-state index in [0.29, 0.717) is 0 Å². The van der Waals surface area contributed by atoms with E-state index in [4.69, 9.17) is 4.42 Å². The molecule has 0 amide bonds. The molecule has 2 nitrogen and oxygen atoms in total. The summed E-state index contributed by atoms with van der Waals surface area (Å²) in [6, 6.07) is 63.2. The van der Waals surface area contributed by atoms with Crippen LogP contribution in [0.2, 0.25) is 0 Å². The lowest BCUT2D eigenvalue weighted by molar-refractivity contribution is 0.669. The molecule has 0 aliphatic heterocycles. The zero-order valence-corrected chi connectivity index (χ0v) is 27.3. The maximum Gasteiger partial charge on any atom is 0.136 e. The van der Waals surface area contributed by atoms with Crippen molar-refractivity contribution in [3.8, 4) is 22.3 Å². The van der Waals surface area contributed by atoms with Crippen LogP contribution in [0.25, 0.3) is 75.1 Å². The van der Waals surface area contributed by atoms with E-state index in [-0.39, 0.29) is 0 Å². The molecule has 0 unspecified atom stereocenters. The van der Waals surface area contributed by atoms with Crippen LogP contribution in [-0.4, -0.2) is 0 Å². The standard InChI is InChI=1S/C46H29NOS/c1-2-15-35-30(11-1)12-8-18-36(35)31-25-27-33(28-26-31)47(41-21-9-20-39-38-16-4-6-24-44(38)49-46(39)41)34-14-7-13-32(29-34)37-19-10-23-43-45(37)40-17-3-5-22-42(40)48-43/h1-29H. The summed E-state index contributed by atoms with van der Waals surface area (Å²) < 4.78 is 8.84. The molecular weight excluding hydrogens is 615 g/mol. The summed E-state index contributed by atoms with van der Waals surface area (Å²) in [5, 5.41) is 7.36. The lowest BCUT2D eigenvalue weighted by Crippen LogP contribution is -2.10. The maximum absolute atomic E-state index is 6.27. The summed E-state index contributed by atoms with van der Waals surface area (Å²) in [5.74, 6) is 0. The fraction of sp³-hybridized carbons (Fsp3) is 0. The number of fused-ring (bicyclic) bond motifs is 7. The molecule has 0 atom stereocenters. The van der Waals surface area contributed by atoms with Crippen LogP contribution in [0.15, 0.2) is 180 Å². The van der Waals surface area contributed by atoms with Gasteiger partial charge < -0.3 is 9.32 Å². The van der Waals surface area contributed by atoms with Crippen LogP contribution in [0.3, 0.4) is 0 Å². The third-order valence-corrected chi connectivity index (χ3v) is 10.9. The van der Waals surface area contributed by atoms with Gasteiger partial charge in [0, 0.05) is 37.6 Å². The highest BCUT2D eigenvalue weighted by molar-refractivity contribution is 7.26. The van der Waals surface area contributed by atoms with Crippen molar-refractivity contribution in [3.05, 3.63) is 176 Å². The molecule has 2 aromatic heterocycles. The number of hydrogen-bond donors (Lipinski definition) is 0. The average Bonchev–Trinajstić information content (AvgIpc) is 3.74. The second-order valence-electron chi connectivity index (χ2n) is 12.5. The highest BCUT2D eigenvalue weighted by atomic mass is 32.1. The quantitative estimate of drug-likeness (QED) is 0.186. The van der Waals surface area contributed by atoms with Crippen LogP contribution < -0.4 is 4.90 Å². The SMILES string of the molecule is c1cc(-c2cccc3oc4ccccc4c23)cc(N(c2ccc(-c3cccc4ccccc34)cc2)c2cccc3c2sc2ccccc23)c1. The first-order chi connectivity index (χ1) is 24.3. The number of anilines is 3. The average molecular weight is 644 g/mol. The predicted octanol–water partition coefficient (Wildman–Crippen LogP) is 13.9. The fourth-order valence-corrected chi connectivity index (χ4v) is 8.64. The number of rotatable bonds is 5.